The molecular weight excluding hydrogens is 208 g/mol. The van der Waals surface area contributed by atoms with Gasteiger partial charge in [-0.05, 0) is 23.2 Å². The topological polar surface area (TPSA) is 32.3 Å². The second-order valence-corrected chi connectivity index (χ2v) is 3.99. The van der Waals surface area contributed by atoms with Crippen LogP contribution < -0.4 is 4.84 Å². The van der Waals surface area contributed by atoms with Gasteiger partial charge in [0.2, 0.25) is 5.91 Å². The molecule has 0 aliphatic rings. The summed E-state index contributed by atoms with van der Waals surface area (Å²) >= 11 is 7.01. The van der Waals surface area contributed by atoms with Gasteiger partial charge in [-0.1, -0.05) is 6.07 Å². The molecule has 1 N–H and O–H groups in total. The molecule has 0 saturated heterocycles. The first-order valence-electron chi connectivity index (χ1n) is 3.77. The predicted octanol–water partition coefficient (Wildman–Crippen LogP) is 1.62. The van der Waals surface area contributed by atoms with E-state index in [1.54, 1.807) is 14.1 Å². The van der Waals surface area contributed by atoms with Gasteiger partial charge in [-0.25, -0.2) is 4.84 Å². The maximum Gasteiger partial charge on any atom is 0.245 e. The van der Waals surface area contributed by atoms with Gasteiger partial charge in [0.25, 0.3) is 0 Å². The average Bonchev–Trinajstić information content (AvgIpc) is 2.58. The minimum absolute atomic E-state index is 0.0440. The fourth-order valence-corrected chi connectivity index (χ4v) is 1.98. The molecule has 0 aliphatic carbocycles. The van der Waals surface area contributed by atoms with Crippen LogP contribution in [0, 0.1) is 0 Å². The van der Waals surface area contributed by atoms with Gasteiger partial charge in [-0.2, -0.15) is 0 Å². The van der Waals surface area contributed by atoms with E-state index in [1.165, 1.54) is 16.2 Å². The summed E-state index contributed by atoms with van der Waals surface area (Å²) in [5, 5.41) is 1.92. The minimum Gasteiger partial charge on any atom is -0.347 e. The Labute approximate surface area is 86.4 Å². The molecule has 0 aromatic carbocycles. The van der Waals surface area contributed by atoms with Gasteiger partial charge >= 0.3 is 0 Å². The molecule has 1 atom stereocenters. The Bertz CT molecular complexity index is 274. The van der Waals surface area contributed by atoms with E-state index in [-0.39, 0.29) is 5.91 Å². The van der Waals surface area contributed by atoms with E-state index >= 15 is 0 Å². The van der Waals surface area contributed by atoms with Crippen LogP contribution in [0.3, 0.4) is 0 Å². The van der Waals surface area contributed by atoms with Crippen molar-refractivity contribution in [2.75, 3.05) is 14.1 Å². The lowest BCUT2D eigenvalue weighted by molar-refractivity contribution is -0.130. The first kappa shape index (κ1) is 10.5. The molecule has 1 rings (SSSR count). The SMILES string of the molecule is CN(C)C(=O)C(NCl)c1cccs1. The lowest BCUT2D eigenvalue weighted by Crippen LogP contribution is -2.32. The molecule has 0 aliphatic heterocycles. The number of rotatable bonds is 3. The maximum absolute atomic E-state index is 11.6. The molecule has 72 valence electrons. The molecule has 5 heteroatoms. The summed E-state index contributed by atoms with van der Waals surface area (Å²) in [4.78, 5) is 16.5. The van der Waals surface area contributed by atoms with Gasteiger partial charge in [-0.15, -0.1) is 11.3 Å². The third kappa shape index (κ3) is 2.43. The van der Waals surface area contributed by atoms with Crippen LogP contribution in [0.2, 0.25) is 0 Å². The van der Waals surface area contributed by atoms with Crippen LogP contribution in [0.25, 0.3) is 0 Å². The largest absolute Gasteiger partial charge is 0.347 e. The third-order valence-electron chi connectivity index (χ3n) is 1.62. The Morgan fingerprint density at radius 2 is 2.38 bits per heavy atom. The van der Waals surface area contributed by atoms with Crippen LogP contribution >= 0.6 is 23.1 Å². The minimum atomic E-state index is -0.434. The first-order chi connectivity index (χ1) is 6.16. The van der Waals surface area contributed by atoms with Crippen LogP contribution in [0.5, 0.6) is 0 Å². The molecule has 0 bridgehead atoms. The predicted molar refractivity (Wildman–Crippen MR) is 54.7 cm³/mol. The quantitative estimate of drug-likeness (QED) is 0.783. The van der Waals surface area contributed by atoms with Gasteiger partial charge in [-0.3, -0.25) is 4.79 Å². The summed E-state index contributed by atoms with van der Waals surface area (Å²) in [7, 11) is 3.41. The van der Waals surface area contributed by atoms with Crippen molar-refractivity contribution in [1.29, 1.82) is 0 Å². The molecule has 0 radical (unpaired) electrons. The zero-order chi connectivity index (χ0) is 9.84. The Balaban J connectivity index is 2.80. The molecule has 13 heavy (non-hydrogen) atoms. The van der Waals surface area contributed by atoms with Crippen molar-refractivity contribution in [3.05, 3.63) is 22.4 Å². The maximum atomic E-state index is 11.6. The van der Waals surface area contributed by atoms with Crippen LogP contribution in [0.15, 0.2) is 17.5 Å². The van der Waals surface area contributed by atoms with Crippen LogP contribution in [0.4, 0.5) is 0 Å². The number of carbonyl (C=O) groups is 1. The van der Waals surface area contributed by atoms with Gasteiger partial charge in [0.1, 0.15) is 6.04 Å². The normalized spacial score (nSPS) is 12.5. The van der Waals surface area contributed by atoms with Gasteiger partial charge < -0.3 is 4.90 Å². The number of likely N-dealkylation sites (N-methyl/N-ethyl adjacent to an activating group) is 1. The van der Waals surface area contributed by atoms with Crippen LogP contribution in [-0.4, -0.2) is 24.9 Å². The molecule has 1 heterocycles. The van der Waals surface area contributed by atoms with Crippen molar-refractivity contribution >= 4 is 29.0 Å². The average molecular weight is 219 g/mol. The smallest absolute Gasteiger partial charge is 0.245 e. The molecular formula is C8H11ClN2OS. The molecule has 0 saturated carbocycles. The summed E-state index contributed by atoms with van der Waals surface area (Å²) in [5.74, 6) is -0.0440. The Morgan fingerprint density at radius 1 is 1.69 bits per heavy atom. The van der Waals surface area contributed by atoms with E-state index in [2.05, 4.69) is 4.84 Å². The van der Waals surface area contributed by atoms with Crippen molar-refractivity contribution in [1.82, 2.24) is 9.74 Å². The number of nitrogens with zero attached hydrogens (tertiary/aromatic N) is 1. The highest BCUT2D eigenvalue weighted by molar-refractivity contribution is 7.10. The highest BCUT2D eigenvalue weighted by Gasteiger charge is 2.21. The number of carbonyl (C=O) groups excluding carboxylic acids is 1. The number of hydrogen-bond donors (Lipinski definition) is 1. The Morgan fingerprint density at radius 3 is 2.77 bits per heavy atom. The molecule has 3 nitrogen and oxygen atoms in total. The molecule has 1 aromatic heterocycles. The van der Waals surface area contributed by atoms with E-state index in [0.717, 1.165) is 4.88 Å². The summed E-state index contributed by atoms with van der Waals surface area (Å²) in [6.45, 7) is 0. The summed E-state index contributed by atoms with van der Waals surface area (Å²) in [5.41, 5.74) is 0. The van der Waals surface area contributed by atoms with Crippen molar-refractivity contribution in [3.8, 4) is 0 Å². The number of thiophene rings is 1. The van der Waals surface area contributed by atoms with Crippen molar-refractivity contribution < 1.29 is 4.79 Å². The fraction of sp³-hybridized carbons (Fsp3) is 0.375. The summed E-state index contributed by atoms with van der Waals surface area (Å²) in [6, 6.07) is 3.34. The lowest BCUT2D eigenvalue weighted by atomic mass is 10.2. The second-order valence-electron chi connectivity index (χ2n) is 2.79. The number of hydrogen-bond acceptors (Lipinski definition) is 3. The molecule has 1 unspecified atom stereocenters. The molecule has 1 aromatic rings. The van der Waals surface area contributed by atoms with E-state index in [9.17, 15) is 4.79 Å². The van der Waals surface area contributed by atoms with Gasteiger partial charge in [0, 0.05) is 19.0 Å². The zero-order valence-electron chi connectivity index (χ0n) is 7.45. The fourth-order valence-electron chi connectivity index (χ4n) is 0.936. The van der Waals surface area contributed by atoms with Crippen molar-refractivity contribution in [3.63, 3.8) is 0 Å². The molecule has 1 amide bonds. The summed E-state index contributed by atoms with van der Waals surface area (Å²) in [6.07, 6.45) is 0. The number of amides is 1. The first-order valence-corrected chi connectivity index (χ1v) is 5.03. The van der Waals surface area contributed by atoms with Gasteiger partial charge in [0.05, 0.1) is 0 Å². The Kier molecular flexibility index (Phi) is 3.71. The zero-order valence-corrected chi connectivity index (χ0v) is 9.02. The van der Waals surface area contributed by atoms with Crippen molar-refractivity contribution in [2.24, 2.45) is 0 Å². The second kappa shape index (κ2) is 4.60. The Hall–Kier alpha value is -0.580. The van der Waals surface area contributed by atoms with Gasteiger partial charge in [0.15, 0.2) is 0 Å². The molecule has 0 spiro atoms. The lowest BCUT2D eigenvalue weighted by Gasteiger charge is -2.17. The summed E-state index contributed by atoms with van der Waals surface area (Å²) < 4.78 is 0. The van der Waals surface area contributed by atoms with Crippen LogP contribution in [-0.2, 0) is 4.79 Å². The van der Waals surface area contributed by atoms with E-state index in [0.29, 0.717) is 0 Å². The third-order valence-corrected chi connectivity index (χ3v) is 2.78. The highest BCUT2D eigenvalue weighted by Crippen LogP contribution is 2.20. The highest BCUT2D eigenvalue weighted by atomic mass is 35.5. The van der Waals surface area contributed by atoms with Crippen molar-refractivity contribution in [2.45, 2.75) is 6.04 Å². The monoisotopic (exact) mass is 218 g/mol. The van der Waals surface area contributed by atoms with Crippen LogP contribution in [0.1, 0.15) is 10.9 Å². The molecule has 0 fully saturated rings. The van der Waals surface area contributed by atoms with E-state index in [4.69, 9.17) is 11.8 Å². The number of nitrogens with one attached hydrogen (secondary N) is 1. The standard InChI is InChI=1S/C8H11ClN2OS/c1-11(2)8(12)7(10-9)6-4-3-5-13-6/h3-5,7,10H,1-2H3. The number of halogens is 1. The van der Waals surface area contributed by atoms with E-state index in [1.807, 2.05) is 17.5 Å². The van der Waals surface area contributed by atoms with E-state index < -0.39 is 6.04 Å².